The van der Waals surface area contributed by atoms with Crippen LogP contribution in [0.2, 0.25) is 0 Å². The highest BCUT2D eigenvalue weighted by molar-refractivity contribution is 7.47. The zero-order valence-corrected chi connectivity index (χ0v) is 57.9. The topological polar surface area (TPSA) is 237 Å². The summed E-state index contributed by atoms with van der Waals surface area (Å²) in [7, 11) is -9.89. The molecule has 0 heterocycles. The molecule has 0 aliphatic rings. The average molecular weight is 1280 g/mol. The van der Waals surface area contributed by atoms with Gasteiger partial charge in [-0.3, -0.25) is 37.3 Å². The van der Waals surface area contributed by atoms with Gasteiger partial charge in [0.05, 0.1) is 26.4 Å². The molecule has 87 heavy (non-hydrogen) atoms. The number of unbranched alkanes of at least 4 members (excludes halogenated alkanes) is 40. The molecule has 0 amide bonds. The van der Waals surface area contributed by atoms with E-state index in [1.807, 2.05) is 0 Å². The predicted molar refractivity (Wildman–Crippen MR) is 349 cm³/mol. The number of esters is 4. The minimum atomic E-state index is -4.95. The van der Waals surface area contributed by atoms with Crippen LogP contribution in [0.4, 0.5) is 0 Å². The Kier molecular flexibility index (Phi) is 60.2. The Morgan fingerprint density at radius 2 is 0.529 bits per heavy atom. The molecule has 0 aliphatic carbocycles. The van der Waals surface area contributed by atoms with E-state index in [0.717, 1.165) is 109 Å². The van der Waals surface area contributed by atoms with Crippen LogP contribution in [0.3, 0.4) is 0 Å². The molecule has 0 aliphatic heterocycles. The Morgan fingerprint density at radius 1 is 0.310 bits per heavy atom. The van der Waals surface area contributed by atoms with Gasteiger partial charge in [0.1, 0.15) is 19.3 Å². The smallest absolute Gasteiger partial charge is 0.462 e. The van der Waals surface area contributed by atoms with Crippen LogP contribution in [0, 0.1) is 5.92 Å². The van der Waals surface area contributed by atoms with Gasteiger partial charge in [-0.05, 0) is 31.6 Å². The molecule has 17 nitrogen and oxygen atoms in total. The third kappa shape index (κ3) is 62.6. The molecule has 0 bridgehead atoms. The standard InChI is InChI=1S/C68H132O17P2/c1-6-9-12-15-18-20-21-22-26-29-33-37-42-47-52-66(71)79-58-64(85-68(73)54-49-44-39-34-30-27-24-23-25-28-32-36-40-45-50-61(4)5)60-83-87(76,77)81-56-62(69)55-80-86(74,75)82-59-63(57-78-65(70)51-46-41-35-17-14-11-8-3)84-67(72)53-48-43-38-31-19-16-13-10-7-2/h61-64,69H,6-60H2,1-5H3,(H,74,75)(H,76,77)/t62-,63+,64+/m0/s1. The lowest BCUT2D eigenvalue weighted by Crippen LogP contribution is -2.30. The molecule has 0 rings (SSSR count). The molecular formula is C68H132O17P2. The number of aliphatic hydroxyl groups excluding tert-OH is 1. The lowest BCUT2D eigenvalue weighted by molar-refractivity contribution is -0.161. The van der Waals surface area contributed by atoms with Crippen molar-refractivity contribution < 1.29 is 80.2 Å². The summed E-state index contributed by atoms with van der Waals surface area (Å²) in [6.07, 6.45) is 47.3. The Labute approximate surface area is 530 Å². The van der Waals surface area contributed by atoms with E-state index in [2.05, 4.69) is 34.6 Å². The van der Waals surface area contributed by atoms with Gasteiger partial charge in [-0.15, -0.1) is 0 Å². The third-order valence-corrected chi connectivity index (χ3v) is 17.7. The molecule has 5 atom stereocenters. The van der Waals surface area contributed by atoms with Crippen molar-refractivity contribution in [3.05, 3.63) is 0 Å². The molecule has 516 valence electrons. The quantitative estimate of drug-likeness (QED) is 0.0222. The van der Waals surface area contributed by atoms with Crippen molar-refractivity contribution in [2.75, 3.05) is 39.6 Å². The molecule has 0 aromatic carbocycles. The van der Waals surface area contributed by atoms with E-state index in [0.29, 0.717) is 25.7 Å². The first kappa shape index (κ1) is 85.1. The first-order valence-corrected chi connectivity index (χ1v) is 38.6. The van der Waals surface area contributed by atoms with Crippen molar-refractivity contribution in [1.29, 1.82) is 0 Å². The van der Waals surface area contributed by atoms with Crippen molar-refractivity contribution in [2.24, 2.45) is 5.92 Å². The van der Waals surface area contributed by atoms with Gasteiger partial charge < -0.3 is 33.8 Å². The maximum atomic E-state index is 13.0. The first-order valence-electron chi connectivity index (χ1n) is 35.6. The third-order valence-electron chi connectivity index (χ3n) is 15.8. The van der Waals surface area contributed by atoms with E-state index < -0.39 is 97.5 Å². The summed E-state index contributed by atoms with van der Waals surface area (Å²) < 4.78 is 68.1. The van der Waals surface area contributed by atoms with Gasteiger partial charge in [-0.25, -0.2) is 9.13 Å². The van der Waals surface area contributed by atoms with Crippen LogP contribution in [-0.2, 0) is 65.4 Å². The fourth-order valence-corrected chi connectivity index (χ4v) is 11.9. The van der Waals surface area contributed by atoms with E-state index in [1.54, 1.807) is 0 Å². The highest BCUT2D eigenvalue weighted by atomic mass is 31.2. The van der Waals surface area contributed by atoms with Crippen molar-refractivity contribution >= 4 is 39.5 Å². The largest absolute Gasteiger partial charge is 0.472 e. The van der Waals surface area contributed by atoms with Gasteiger partial charge in [-0.2, -0.15) is 0 Å². The van der Waals surface area contributed by atoms with Crippen molar-refractivity contribution in [3.63, 3.8) is 0 Å². The Bertz CT molecular complexity index is 1690. The van der Waals surface area contributed by atoms with Crippen LogP contribution < -0.4 is 0 Å². The summed E-state index contributed by atoms with van der Waals surface area (Å²) in [6, 6.07) is 0. The van der Waals surface area contributed by atoms with E-state index in [1.165, 1.54) is 161 Å². The zero-order chi connectivity index (χ0) is 64.2. The molecule has 0 fully saturated rings. The number of aliphatic hydroxyl groups is 1. The molecule has 2 unspecified atom stereocenters. The van der Waals surface area contributed by atoms with Crippen LogP contribution in [-0.4, -0.2) is 96.7 Å². The molecule has 0 saturated carbocycles. The number of carbonyl (C=O) groups is 4. The van der Waals surface area contributed by atoms with Crippen molar-refractivity contribution in [2.45, 2.75) is 368 Å². The summed E-state index contributed by atoms with van der Waals surface area (Å²) >= 11 is 0. The second-order valence-corrected chi connectivity index (χ2v) is 27.9. The predicted octanol–water partition coefficient (Wildman–Crippen LogP) is 19.4. The van der Waals surface area contributed by atoms with Crippen LogP contribution >= 0.6 is 15.6 Å². The van der Waals surface area contributed by atoms with Gasteiger partial charge in [0.15, 0.2) is 12.2 Å². The second-order valence-electron chi connectivity index (χ2n) is 25.0. The number of phosphoric ester groups is 2. The number of phosphoric acid groups is 2. The SMILES string of the molecule is CCCCCCCCCCCCCCCCC(=O)OC[C@H](COP(=O)(O)OC[C@@H](O)COP(=O)(O)OC[C@@H](COC(=O)CCCCCCCCC)OC(=O)CCCCCCCCCCC)OC(=O)CCCCCCCCCCCCCCCCC(C)C. The Balaban J connectivity index is 5.18. The maximum absolute atomic E-state index is 13.0. The maximum Gasteiger partial charge on any atom is 0.472 e. The number of rotatable bonds is 68. The number of hydrogen-bond acceptors (Lipinski definition) is 15. The molecule has 19 heteroatoms. The molecule has 0 aromatic heterocycles. The monoisotopic (exact) mass is 1280 g/mol. The Morgan fingerprint density at radius 3 is 0.782 bits per heavy atom. The van der Waals surface area contributed by atoms with Crippen molar-refractivity contribution in [3.8, 4) is 0 Å². The molecule has 0 saturated heterocycles. The van der Waals surface area contributed by atoms with Gasteiger partial charge in [-0.1, -0.05) is 298 Å². The van der Waals surface area contributed by atoms with Crippen LogP contribution in [0.25, 0.3) is 0 Å². The molecule has 0 radical (unpaired) electrons. The number of ether oxygens (including phenoxy) is 4. The normalized spacial score (nSPS) is 14.1. The molecular weight excluding hydrogens is 1150 g/mol. The minimum absolute atomic E-state index is 0.106. The van der Waals surface area contributed by atoms with E-state index in [4.69, 9.17) is 37.0 Å². The fraction of sp³-hybridized carbons (Fsp3) is 0.941. The summed E-state index contributed by atoms with van der Waals surface area (Å²) in [5.74, 6) is -1.33. The Hall–Kier alpha value is -1.94. The van der Waals surface area contributed by atoms with Gasteiger partial charge in [0.2, 0.25) is 0 Å². The lowest BCUT2D eigenvalue weighted by atomic mass is 10.0. The average Bonchev–Trinajstić information content (AvgIpc) is 3.71. The van der Waals surface area contributed by atoms with E-state index in [-0.39, 0.29) is 25.7 Å². The second kappa shape index (κ2) is 61.6. The minimum Gasteiger partial charge on any atom is -0.462 e. The van der Waals surface area contributed by atoms with Gasteiger partial charge in [0, 0.05) is 25.7 Å². The fourth-order valence-electron chi connectivity index (χ4n) is 10.3. The van der Waals surface area contributed by atoms with Crippen LogP contribution in [0.1, 0.15) is 349 Å². The van der Waals surface area contributed by atoms with E-state index >= 15 is 0 Å². The highest BCUT2D eigenvalue weighted by Gasteiger charge is 2.30. The van der Waals surface area contributed by atoms with Crippen LogP contribution in [0.15, 0.2) is 0 Å². The lowest BCUT2D eigenvalue weighted by Gasteiger charge is -2.21. The first-order chi connectivity index (χ1) is 42.0. The summed E-state index contributed by atoms with van der Waals surface area (Å²) in [5.41, 5.74) is 0. The highest BCUT2D eigenvalue weighted by Crippen LogP contribution is 2.45. The summed E-state index contributed by atoms with van der Waals surface area (Å²) in [6.45, 7) is 7.20. The number of hydrogen-bond donors (Lipinski definition) is 3. The summed E-state index contributed by atoms with van der Waals surface area (Å²) in [5, 5.41) is 10.5. The van der Waals surface area contributed by atoms with Crippen molar-refractivity contribution in [1.82, 2.24) is 0 Å². The molecule has 3 N–H and O–H groups in total. The summed E-state index contributed by atoms with van der Waals surface area (Å²) in [4.78, 5) is 72.3. The molecule has 0 aromatic rings. The molecule has 0 spiro atoms. The zero-order valence-electron chi connectivity index (χ0n) is 56.2. The van der Waals surface area contributed by atoms with Gasteiger partial charge in [0.25, 0.3) is 0 Å². The number of carbonyl (C=O) groups excluding carboxylic acids is 4. The van der Waals surface area contributed by atoms with E-state index in [9.17, 15) is 43.2 Å². The van der Waals surface area contributed by atoms with Gasteiger partial charge >= 0.3 is 39.5 Å². The van der Waals surface area contributed by atoms with Crippen LogP contribution in [0.5, 0.6) is 0 Å².